The van der Waals surface area contributed by atoms with E-state index in [1.54, 1.807) is 24.3 Å². The van der Waals surface area contributed by atoms with Crippen LogP contribution in [0.3, 0.4) is 0 Å². The fourth-order valence-corrected chi connectivity index (χ4v) is 3.80. The number of amides is 2. The van der Waals surface area contributed by atoms with Gasteiger partial charge in [0.25, 0.3) is 11.8 Å². The molecule has 6 nitrogen and oxygen atoms in total. The van der Waals surface area contributed by atoms with Crippen LogP contribution >= 0.6 is 0 Å². The normalized spacial score (nSPS) is 13.4. The van der Waals surface area contributed by atoms with E-state index in [1.807, 2.05) is 69.3 Å². The average molecular weight is 455 g/mol. The first-order valence-electron chi connectivity index (χ1n) is 11.2. The highest BCUT2D eigenvalue weighted by Crippen LogP contribution is 2.34. The molecule has 0 spiro atoms. The Morgan fingerprint density at radius 3 is 2.26 bits per heavy atom. The third kappa shape index (κ3) is 4.35. The highest BCUT2D eigenvalue weighted by atomic mass is 16.5. The summed E-state index contributed by atoms with van der Waals surface area (Å²) in [6, 6.07) is 21.2. The number of anilines is 2. The van der Waals surface area contributed by atoms with Gasteiger partial charge in [-0.2, -0.15) is 0 Å². The molecule has 1 heterocycles. The van der Waals surface area contributed by atoms with Gasteiger partial charge in [-0.15, -0.1) is 0 Å². The first-order chi connectivity index (χ1) is 16.4. The van der Waals surface area contributed by atoms with Crippen molar-refractivity contribution in [2.45, 2.75) is 27.2 Å². The van der Waals surface area contributed by atoms with Gasteiger partial charge < -0.3 is 10.1 Å². The van der Waals surface area contributed by atoms with E-state index in [1.165, 1.54) is 0 Å². The summed E-state index contributed by atoms with van der Waals surface area (Å²) in [5, 5.41) is 3.22. The number of carbonyl (C=O) groups excluding carboxylic acids is 3. The first kappa shape index (κ1) is 23.0. The van der Waals surface area contributed by atoms with Gasteiger partial charge in [0, 0.05) is 5.69 Å². The van der Waals surface area contributed by atoms with Crippen molar-refractivity contribution in [3.05, 3.63) is 101 Å². The van der Waals surface area contributed by atoms with Crippen LogP contribution in [0.25, 0.3) is 5.57 Å². The van der Waals surface area contributed by atoms with Gasteiger partial charge in [-0.05, 0) is 67.3 Å². The summed E-state index contributed by atoms with van der Waals surface area (Å²) in [6.45, 7) is 6.22. The molecule has 0 fully saturated rings. The number of ether oxygens (including phenoxy) is 1. The van der Waals surface area contributed by atoms with Gasteiger partial charge in [0.15, 0.2) is 0 Å². The van der Waals surface area contributed by atoms with Crippen molar-refractivity contribution < 1.29 is 19.1 Å². The Labute approximate surface area is 198 Å². The molecule has 0 atom stereocenters. The minimum Gasteiger partial charge on any atom is -0.462 e. The molecule has 34 heavy (non-hydrogen) atoms. The lowest BCUT2D eigenvalue weighted by molar-refractivity contribution is -0.120. The SMILES string of the molecule is CCCOC(=O)c1ccc(N2C(=O)C(Nc3cccc(C)c3C)=C(c3ccccc3)C2=O)cc1. The largest absolute Gasteiger partial charge is 0.462 e. The van der Waals surface area contributed by atoms with Crippen LogP contribution in [0.4, 0.5) is 11.4 Å². The Bertz CT molecular complexity index is 1280. The molecule has 1 aliphatic rings. The molecule has 0 saturated carbocycles. The van der Waals surface area contributed by atoms with Crippen molar-refractivity contribution in [2.75, 3.05) is 16.8 Å². The molecule has 0 bridgehead atoms. The molecule has 1 N–H and O–H groups in total. The van der Waals surface area contributed by atoms with Crippen molar-refractivity contribution in [1.82, 2.24) is 0 Å². The Hall–Kier alpha value is -4.19. The molecule has 4 rings (SSSR count). The molecule has 0 aromatic heterocycles. The number of esters is 1. The molecule has 0 saturated heterocycles. The number of nitrogens with zero attached hydrogens (tertiary/aromatic N) is 1. The van der Waals surface area contributed by atoms with Crippen LogP contribution in [0, 0.1) is 13.8 Å². The second-order valence-electron chi connectivity index (χ2n) is 8.12. The van der Waals surface area contributed by atoms with E-state index in [-0.39, 0.29) is 5.70 Å². The molecular weight excluding hydrogens is 428 g/mol. The van der Waals surface area contributed by atoms with Crippen LogP contribution in [0.15, 0.2) is 78.5 Å². The zero-order valence-electron chi connectivity index (χ0n) is 19.4. The Morgan fingerprint density at radius 1 is 0.882 bits per heavy atom. The molecular formula is C28H26N2O4. The van der Waals surface area contributed by atoms with Crippen molar-refractivity contribution in [3.8, 4) is 0 Å². The van der Waals surface area contributed by atoms with Crippen LogP contribution < -0.4 is 10.2 Å². The highest BCUT2D eigenvalue weighted by Gasteiger charge is 2.40. The quantitative estimate of drug-likeness (QED) is 0.389. The summed E-state index contributed by atoms with van der Waals surface area (Å²) >= 11 is 0. The van der Waals surface area contributed by atoms with E-state index >= 15 is 0 Å². The Kier molecular flexibility index (Phi) is 6.59. The molecule has 172 valence electrons. The number of nitrogens with one attached hydrogen (secondary N) is 1. The molecule has 3 aromatic carbocycles. The fourth-order valence-electron chi connectivity index (χ4n) is 3.80. The van der Waals surface area contributed by atoms with Crippen LogP contribution in [-0.4, -0.2) is 24.4 Å². The van der Waals surface area contributed by atoms with Crippen LogP contribution in [-0.2, 0) is 14.3 Å². The lowest BCUT2D eigenvalue weighted by Crippen LogP contribution is -2.32. The number of hydrogen-bond donors (Lipinski definition) is 1. The minimum absolute atomic E-state index is 0.219. The minimum atomic E-state index is -0.453. The Balaban J connectivity index is 1.71. The summed E-state index contributed by atoms with van der Waals surface area (Å²) < 4.78 is 5.16. The van der Waals surface area contributed by atoms with E-state index < -0.39 is 17.8 Å². The predicted molar refractivity (Wildman–Crippen MR) is 132 cm³/mol. The number of carbonyl (C=O) groups is 3. The van der Waals surface area contributed by atoms with Crippen LogP contribution in [0.5, 0.6) is 0 Å². The topological polar surface area (TPSA) is 75.7 Å². The van der Waals surface area contributed by atoms with E-state index in [4.69, 9.17) is 4.74 Å². The van der Waals surface area contributed by atoms with Crippen molar-refractivity contribution in [2.24, 2.45) is 0 Å². The van der Waals surface area contributed by atoms with E-state index in [0.29, 0.717) is 29.0 Å². The molecule has 1 aliphatic heterocycles. The second-order valence-corrected chi connectivity index (χ2v) is 8.12. The van der Waals surface area contributed by atoms with Gasteiger partial charge in [-0.1, -0.05) is 49.4 Å². The maximum atomic E-state index is 13.6. The summed E-state index contributed by atoms with van der Waals surface area (Å²) in [7, 11) is 0. The highest BCUT2D eigenvalue weighted by molar-refractivity contribution is 6.46. The lowest BCUT2D eigenvalue weighted by Gasteiger charge is -2.16. The maximum absolute atomic E-state index is 13.6. The summed E-state index contributed by atoms with van der Waals surface area (Å²) in [4.78, 5) is 40.4. The smallest absolute Gasteiger partial charge is 0.338 e. The number of aryl methyl sites for hydroxylation is 1. The molecule has 0 radical (unpaired) electrons. The molecule has 0 unspecified atom stereocenters. The van der Waals surface area contributed by atoms with Gasteiger partial charge in [0.05, 0.1) is 23.4 Å². The van der Waals surface area contributed by atoms with E-state index in [0.717, 1.165) is 28.1 Å². The van der Waals surface area contributed by atoms with Crippen LogP contribution in [0.2, 0.25) is 0 Å². The fraction of sp³-hybridized carbons (Fsp3) is 0.179. The summed E-state index contributed by atoms with van der Waals surface area (Å²) in [6.07, 6.45) is 0.727. The van der Waals surface area contributed by atoms with E-state index in [2.05, 4.69) is 5.32 Å². The number of benzene rings is 3. The van der Waals surface area contributed by atoms with Gasteiger partial charge in [-0.25, -0.2) is 9.69 Å². The second kappa shape index (κ2) is 9.75. The maximum Gasteiger partial charge on any atom is 0.338 e. The van der Waals surface area contributed by atoms with Gasteiger partial charge in [0.2, 0.25) is 0 Å². The van der Waals surface area contributed by atoms with Crippen LogP contribution in [0.1, 0.15) is 40.4 Å². The van der Waals surface area contributed by atoms with Gasteiger partial charge >= 0.3 is 5.97 Å². The standard InChI is InChI=1S/C28H26N2O4/c1-4-17-34-28(33)21-13-15-22(16-14-21)30-26(31)24(20-10-6-5-7-11-20)25(27(30)32)29-23-12-8-9-18(2)19(23)3/h5-16,29H,4,17H2,1-3H3. The van der Waals surface area contributed by atoms with Crippen molar-refractivity contribution >= 4 is 34.7 Å². The third-order valence-electron chi connectivity index (χ3n) is 5.81. The Morgan fingerprint density at radius 2 is 1.59 bits per heavy atom. The van der Waals surface area contributed by atoms with Crippen molar-refractivity contribution in [1.29, 1.82) is 0 Å². The molecule has 6 heteroatoms. The zero-order chi connectivity index (χ0) is 24.2. The average Bonchev–Trinajstić information content (AvgIpc) is 3.10. The van der Waals surface area contributed by atoms with Gasteiger partial charge in [-0.3, -0.25) is 9.59 Å². The molecule has 2 amide bonds. The summed E-state index contributed by atoms with van der Waals surface area (Å²) in [5.41, 5.74) is 4.75. The number of rotatable bonds is 7. The van der Waals surface area contributed by atoms with E-state index in [9.17, 15) is 14.4 Å². The third-order valence-corrected chi connectivity index (χ3v) is 5.81. The van der Waals surface area contributed by atoms with Crippen molar-refractivity contribution in [3.63, 3.8) is 0 Å². The lowest BCUT2D eigenvalue weighted by atomic mass is 10.0. The monoisotopic (exact) mass is 454 g/mol. The number of imide groups is 1. The molecule has 0 aliphatic carbocycles. The number of hydrogen-bond acceptors (Lipinski definition) is 5. The first-order valence-corrected chi connectivity index (χ1v) is 11.2. The molecule has 3 aromatic rings. The van der Waals surface area contributed by atoms with Gasteiger partial charge in [0.1, 0.15) is 5.70 Å². The summed E-state index contributed by atoms with van der Waals surface area (Å²) in [5.74, 6) is -1.32. The zero-order valence-corrected chi connectivity index (χ0v) is 19.4. The predicted octanol–water partition coefficient (Wildman–Crippen LogP) is 5.27.